The number of unbranched alkanes of at least 4 members (excludes halogenated alkanes) is 35. The monoisotopic (exact) mass is 860 g/mol. The molecule has 1 amide bonds. The Hall–Kier alpha value is -0.500. The summed E-state index contributed by atoms with van der Waals surface area (Å²) in [6.07, 6.45) is 48.5. The first-order chi connectivity index (χ1) is 28.5. The van der Waals surface area contributed by atoms with Crippen LogP contribution in [-0.4, -0.2) is 73.4 Å². The lowest BCUT2D eigenvalue weighted by Gasteiger charge is -2.26. The van der Waals surface area contributed by atoms with Gasteiger partial charge in [0.05, 0.1) is 39.9 Å². The van der Waals surface area contributed by atoms with Crippen molar-refractivity contribution in [2.75, 3.05) is 40.9 Å². The van der Waals surface area contributed by atoms with E-state index in [1.807, 2.05) is 21.1 Å². The Labute approximate surface area is 368 Å². The summed E-state index contributed by atoms with van der Waals surface area (Å²) in [4.78, 5) is 23.2. The highest BCUT2D eigenvalue weighted by molar-refractivity contribution is 7.47. The Morgan fingerprint density at radius 3 is 1.14 bits per heavy atom. The van der Waals surface area contributed by atoms with Gasteiger partial charge in [0.1, 0.15) is 13.2 Å². The first-order valence-electron chi connectivity index (χ1n) is 25.9. The zero-order valence-corrected chi connectivity index (χ0v) is 41.2. The highest BCUT2D eigenvalue weighted by atomic mass is 31.2. The van der Waals surface area contributed by atoms with Crippen LogP contribution in [0.25, 0.3) is 0 Å². The van der Waals surface area contributed by atoms with E-state index in [2.05, 4.69) is 19.2 Å². The number of likely N-dealkylation sites (N-methyl/N-ethyl adjacent to an activating group) is 1. The molecule has 0 saturated carbocycles. The van der Waals surface area contributed by atoms with Gasteiger partial charge in [0, 0.05) is 6.42 Å². The molecule has 0 aliphatic heterocycles. The van der Waals surface area contributed by atoms with E-state index in [0.29, 0.717) is 23.9 Å². The van der Waals surface area contributed by atoms with Crippen molar-refractivity contribution >= 4 is 13.7 Å². The molecule has 0 spiro atoms. The molecule has 0 radical (unpaired) electrons. The molecule has 3 atom stereocenters. The Bertz CT molecular complexity index is 932. The lowest BCUT2D eigenvalue weighted by molar-refractivity contribution is -0.870. The molecule has 9 heteroatoms. The van der Waals surface area contributed by atoms with Gasteiger partial charge in [0.25, 0.3) is 0 Å². The third kappa shape index (κ3) is 45.3. The first kappa shape index (κ1) is 58.5. The maximum absolute atomic E-state index is 12.9. The second-order valence-corrected chi connectivity index (χ2v) is 20.7. The van der Waals surface area contributed by atoms with Gasteiger partial charge in [-0.2, -0.15) is 0 Å². The number of phosphoric acid groups is 1. The van der Waals surface area contributed by atoms with E-state index in [-0.39, 0.29) is 19.1 Å². The molecular weight excluding hydrogens is 756 g/mol. The number of hydrogen-bond acceptors (Lipinski definition) is 5. The summed E-state index contributed by atoms with van der Waals surface area (Å²) in [6.45, 7) is 4.93. The molecule has 0 saturated heterocycles. The highest BCUT2D eigenvalue weighted by Crippen LogP contribution is 2.43. The highest BCUT2D eigenvalue weighted by Gasteiger charge is 2.28. The minimum absolute atomic E-state index is 0.0789. The van der Waals surface area contributed by atoms with Crippen molar-refractivity contribution in [3.63, 3.8) is 0 Å². The number of phosphoric ester groups is 1. The molecule has 3 N–H and O–H groups in total. The quantitative estimate of drug-likeness (QED) is 0.0320. The van der Waals surface area contributed by atoms with Crippen molar-refractivity contribution in [2.45, 2.75) is 276 Å². The molecule has 0 aromatic carbocycles. The second-order valence-electron chi connectivity index (χ2n) is 19.3. The molecule has 0 rings (SSSR count). The van der Waals surface area contributed by atoms with Gasteiger partial charge >= 0.3 is 7.82 Å². The molecule has 3 unspecified atom stereocenters. The Kier molecular flexibility index (Phi) is 42.4. The summed E-state index contributed by atoms with van der Waals surface area (Å²) in [5.41, 5.74) is 0. The molecule has 0 aromatic rings. The minimum atomic E-state index is -4.31. The van der Waals surface area contributed by atoms with E-state index >= 15 is 0 Å². The maximum Gasteiger partial charge on any atom is 0.472 e. The van der Waals surface area contributed by atoms with Crippen molar-refractivity contribution in [1.29, 1.82) is 0 Å². The number of carbonyl (C=O) groups is 1. The molecule has 59 heavy (non-hydrogen) atoms. The zero-order valence-electron chi connectivity index (χ0n) is 40.3. The number of aliphatic hydroxyl groups is 1. The maximum atomic E-state index is 12.9. The van der Waals surface area contributed by atoms with E-state index in [9.17, 15) is 19.4 Å². The summed E-state index contributed by atoms with van der Waals surface area (Å²) in [7, 11) is 1.63. The SMILES string of the molecule is CCCCCCCCCCCCCCCCCCCCCCCCCC(O)C(COP(=O)(O)OCC[N+](C)(C)C)NC(=O)CCCCCCCCCCCCCCCC. The standard InChI is InChI=1S/C50H103N2O6P/c1-6-8-10-12-14-16-18-20-22-23-24-25-26-27-28-29-30-31-33-35-37-39-41-43-49(53)48(47-58-59(55,56)57-46-45-52(3,4)5)51-50(54)44-42-40-38-36-34-32-21-19-17-15-13-11-9-7-2/h48-49,53H,6-47H2,1-5H3,(H-,51,54,55,56)/p+1. The predicted molar refractivity (Wildman–Crippen MR) is 254 cm³/mol. The van der Waals surface area contributed by atoms with Crippen LogP contribution < -0.4 is 5.32 Å². The molecule has 0 heterocycles. The van der Waals surface area contributed by atoms with Gasteiger partial charge in [-0.15, -0.1) is 0 Å². The number of quaternary nitrogens is 1. The molecule has 0 bridgehead atoms. The molecule has 0 fully saturated rings. The van der Waals surface area contributed by atoms with Crippen molar-refractivity contribution < 1.29 is 32.9 Å². The summed E-state index contributed by atoms with van der Waals surface area (Å²) in [5, 5.41) is 14.0. The summed E-state index contributed by atoms with van der Waals surface area (Å²) in [6, 6.07) is -0.753. The number of nitrogens with zero attached hydrogens (tertiary/aromatic N) is 1. The predicted octanol–water partition coefficient (Wildman–Crippen LogP) is 14.9. The van der Waals surface area contributed by atoms with Gasteiger partial charge < -0.3 is 19.8 Å². The Balaban J connectivity index is 4.17. The number of aliphatic hydroxyl groups excluding tert-OH is 1. The normalized spacial score (nSPS) is 14.1. The van der Waals surface area contributed by atoms with Crippen LogP contribution in [0.15, 0.2) is 0 Å². The molecule has 0 aliphatic carbocycles. The summed E-state index contributed by atoms with van der Waals surface area (Å²) in [5.74, 6) is -0.139. The summed E-state index contributed by atoms with van der Waals surface area (Å²) >= 11 is 0. The number of rotatable bonds is 48. The van der Waals surface area contributed by atoms with E-state index in [0.717, 1.165) is 38.5 Å². The molecule has 0 aromatic heterocycles. The fraction of sp³-hybridized carbons (Fsp3) is 0.980. The topological polar surface area (TPSA) is 105 Å². The molecule has 0 aliphatic rings. The van der Waals surface area contributed by atoms with E-state index < -0.39 is 20.0 Å². The van der Waals surface area contributed by atoms with Crippen molar-refractivity contribution in [3.05, 3.63) is 0 Å². The van der Waals surface area contributed by atoms with E-state index in [1.54, 1.807) is 0 Å². The van der Waals surface area contributed by atoms with Crippen molar-refractivity contribution in [1.82, 2.24) is 5.32 Å². The summed E-state index contributed by atoms with van der Waals surface area (Å²) < 4.78 is 23.7. The fourth-order valence-electron chi connectivity index (χ4n) is 7.99. The van der Waals surface area contributed by atoms with Gasteiger partial charge in [-0.3, -0.25) is 13.8 Å². The van der Waals surface area contributed by atoms with Crippen molar-refractivity contribution in [2.24, 2.45) is 0 Å². The second kappa shape index (κ2) is 42.8. The lowest BCUT2D eigenvalue weighted by Crippen LogP contribution is -2.46. The van der Waals surface area contributed by atoms with Crippen LogP contribution in [0.2, 0.25) is 0 Å². The van der Waals surface area contributed by atoms with Crippen LogP contribution in [-0.2, 0) is 18.4 Å². The van der Waals surface area contributed by atoms with Crippen LogP contribution >= 0.6 is 7.82 Å². The van der Waals surface area contributed by atoms with Crippen molar-refractivity contribution in [3.8, 4) is 0 Å². The number of nitrogens with one attached hydrogen (secondary N) is 1. The number of amides is 1. The number of carbonyl (C=O) groups excluding carboxylic acids is 1. The van der Waals surface area contributed by atoms with Gasteiger partial charge in [0.15, 0.2) is 0 Å². The third-order valence-corrected chi connectivity index (χ3v) is 13.1. The van der Waals surface area contributed by atoms with E-state index in [1.165, 1.54) is 199 Å². The molecule has 8 nitrogen and oxygen atoms in total. The smallest absolute Gasteiger partial charge is 0.391 e. The van der Waals surface area contributed by atoms with Crippen LogP contribution in [0.1, 0.15) is 264 Å². The molecule has 354 valence electrons. The number of hydrogen-bond donors (Lipinski definition) is 3. The van der Waals surface area contributed by atoms with E-state index in [4.69, 9.17) is 9.05 Å². The van der Waals surface area contributed by atoms with Crippen LogP contribution in [0.4, 0.5) is 0 Å². The van der Waals surface area contributed by atoms with Crippen LogP contribution in [0.5, 0.6) is 0 Å². The van der Waals surface area contributed by atoms with Gasteiger partial charge in [-0.05, 0) is 12.8 Å². The van der Waals surface area contributed by atoms with Gasteiger partial charge in [0.2, 0.25) is 5.91 Å². The van der Waals surface area contributed by atoms with Crippen LogP contribution in [0, 0.1) is 0 Å². The fourth-order valence-corrected chi connectivity index (χ4v) is 8.73. The Morgan fingerprint density at radius 1 is 0.508 bits per heavy atom. The average molecular weight is 860 g/mol. The average Bonchev–Trinajstić information content (AvgIpc) is 3.19. The van der Waals surface area contributed by atoms with Gasteiger partial charge in [-0.1, -0.05) is 245 Å². The molecular formula is C50H104N2O6P+. The Morgan fingerprint density at radius 2 is 0.814 bits per heavy atom. The first-order valence-corrected chi connectivity index (χ1v) is 27.4. The lowest BCUT2D eigenvalue weighted by atomic mass is 10.0. The minimum Gasteiger partial charge on any atom is -0.391 e. The van der Waals surface area contributed by atoms with Crippen LogP contribution in [0.3, 0.4) is 0 Å². The van der Waals surface area contributed by atoms with Gasteiger partial charge in [-0.25, -0.2) is 4.57 Å². The largest absolute Gasteiger partial charge is 0.472 e. The zero-order chi connectivity index (χ0) is 43.6. The third-order valence-electron chi connectivity index (χ3n) is 12.1.